The van der Waals surface area contributed by atoms with Crippen LogP contribution in [0.1, 0.15) is 5.56 Å². The van der Waals surface area contributed by atoms with Crippen molar-refractivity contribution in [3.63, 3.8) is 0 Å². The summed E-state index contributed by atoms with van der Waals surface area (Å²) in [6, 6.07) is 13.8. The van der Waals surface area contributed by atoms with E-state index < -0.39 is 0 Å². The Labute approximate surface area is 147 Å². The highest BCUT2D eigenvalue weighted by Gasteiger charge is 2.21. The molecule has 0 atom stereocenters. The largest absolute Gasteiger partial charge is 0.497 e. The minimum absolute atomic E-state index is 0.102. The maximum absolute atomic E-state index is 13.0. The smallest absolute Gasteiger partial charge is 0.321 e. The number of anilines is 1. The Morgan fingerprint density at radius 2 is 1.84 bits per heavy atom. The van der Waals surface area contributed by atoms with Gasteiger partial charge in [-0.3, -0.25) is 4.90 Å². The molecule has 0 saturated carbocycles. The van der Waals surface area contributed by atoms with Gasteiger partial charge in [-0.2, -0.15) is 0 Å². The summed E-state index contributed by atoms with van der Waals surface area (Å²) in [5, 5.41) is 2.90. The van der Waals surface area contributed by atoms with Crippen LogP contribution < -0.4 is 10.1 Å². The lowest BCUT2D eigenvalue weighted by Crippen LogP contribution is -2.49. The number of carbonyl (C=O) groups is 1. The van der Waals surface area contributed by atoms with Crippen molar-refractivity contribution in [2.24, 2.45) is 0 Å². The van der Waals surface area contributed by atoms with Gasteiger partial charge in [0, 0.05) is 44.5 Å². The number of rotatable bonds is 4. The van der Waals surface area contributed by atoms with Crippen LogP contribution in [0.5, 0.6) is 5.75 Å². The first-order valence-electron chi connectivity index (χ1n) is 8.31. The fourth-order valence-corrected chi connectivity index (χ4v) is 2.86. The van der Waals surface area contributed by atoms with E-state index in [0.717, 1.165) is 30.9 Å². The summed E-state index contributed by atoms with van der Waals surface area (Å²) in [4.78, 5) is 16.5. The van der Waals surface area contributed by atoms with E-state index >= 15 is 0 Å². The van der Waals surface area contributed by atoms with Crippen molar-refractivity contribution in [3.05, 3.63) is 59.9 Å². The van der Waals surface area contributed by atoms with Crippen LogP contribution in [-0.4, -0.2) is 49.1 Å². The molecule has 0 spiro atoms. The third-order valence-corrected chi connectivity index (χ3v) is 4.30. The Hall–Kier alpha value is -2.60. The quantitative estimate of drug-likeness (QED) is 0.927. The number of urea groups is 1. The molecule has 0 bridgehead atoms. The van der Waals surface area contributed by atoms with Crippen LogP contribution in [0, 0.1) is 5.82 Å². The van der Waals surface area contributed by atoms with Gasteiger partial charge in [-0.15, -0.1) is 0 Å². The van der Waals surface area contributed by atoms with E-state index in [0.29, 0.717) is 18.8 Å². The van der Waals surface area contributed by atoms with Crippen molar-refractivity contribution in [2.75, 3.05) is 38.6 Å². The van der Waals surface area contributed by atoms with Crippen LogP contribution >= 0.6 is 0 Å². The van der Waals surface area contributed by atoms with Crippen molar-refractivity contribution in [3.8, 4) is 5.75 Å². The Kier molecular flexibility index (Phi) is 5.50. The molecule has 2 aromatic rings. The molecule has 0 unspecified atom stereocenters. The van der Waals surface area contributed by atoms with Gasteiger partial charge in [0.25, 0.3) is 0 Å². The summed E-state index contributed by atoms with van der Waals surface area (Å²) < 4.78 is 18.1. The van der Waals surface area contributed by atoms with Crippen molar-refractivity contribution >= 4 is 11.7 Å². The Morgan fingerprint density at radius 3 is 2.52 bits per heavy atom. The van der Waals surface area contributed by atoms with E-state index in [-0.39, 0.29) is 11.8 Å². The fourth-order valence-electron chi connectivity index (χ4n) is 2.86. The summed E-state index contributed by atoms with van der Waals surface area (Å²) in [7, 11) is 1.60. The lowest BCUT2D eigenvalue weighted by molar-refractivity contribution is 0.143. The molecular formula is C19H22FN3O2. The Bertz CT molecular complexity index is 713. The van der Waals surface area contributed by atoms with Gasteiger partial charge in [0.15, 0.2) is 0 Å². The van der Waals surface area contributed by atoms with Gasteiger partial charge < -0.3 is 15.0 Å². The van der Waals surface area contributed by atoms with Crippen LogP contribution in [0.15, 0.2) is 48.5 Å². The third-order valence-electron chi connectivity index (χ3n) is 4.30. The molecular weight excluding hydrogens is 321 g/mol. The number of hydrogen-bond acceptors (Lipinski definition) is 3. The van der Waals surface area contributed by atoms with Crippen LogP contribution in [0.3, 0.4) is 0 Å². The predicted molar refractivity (Wildman–Crippen MR) is 95.3 cm³/mol. The summed E-state index contributed by atoms with van der Waals surface area (Å²) in [6.45, 7) is 3.69. The maximum Gasteiger partial charge on any atom is 0.321 e. The number of piperazine rings is 1. The second kappa shape index (κ2) is 7.98. The van der Waals surface area contributed by atoms with Gasteiger partial charge in [0.1, 0.15) is 11.6 Å². The lowest BCUT2D eigenvalue weighted by Gasteiger charge is -2.34. The van der Waals surface area contributed by atoms with E-state index in [1.807, 2.05) is 18.2 Å². The van der Waals surface area contributed by atoms with E-state index in [1.165, 1.54) is 12.1 Å². The van der Waals surface area contributed by atoms with Crippen molar-refractivity contribution in [1.82, 2.24) is 9.80 Å². The molecule has 1 fully saturated rings. The standard InChI is InChI=1S/C19H22FN3O2/c1-25-18-4-2-3-17(13-18)21-19(24)23-11-9-22(10-12-23)14-15-5-7-16(20)8-6-15/h2-8,13H,9-12,14H2,1H3,(H,21,24). The van der Waals surface area contributed by atoms with Crippen LogP contribution in [0.25, 0.3) is 0 Å². The summed E-state index contributed by atoms with van der Waals surface area (Å²) >= 11 is 0. The molecule has 3 rings (SSSR count). The summed E-state index contributed by atoms with van der Waals surface area (Å²) in [6.07, 6.45) is 0. The molecule has 6 heteroatoms. The first kappa shape index (κ1) is 17.2. The zero-order valence-corrected chi connectivity index (χ0v) is 14.2. The minimum atomic E-state index is -0.220. The summed E-state index contributed by atoms with van der Waals surface area (Å²) in [5.74, 6) is 0.490. The number of hydrogen-bond donors (Lipinski definition) is 1. The fraction of sp³-hybridized carbons (Fsp3) is 0.316. The van der Waals surface area contributed by atoms with Crippen LogP contribution in [0.2, 0.25) is 0 Å². The number of amides is 2. The predicted octanol–water partition coefficient (Wildman–Crippen LogP) is 3.18. The second-order valence-electron chi connectivity index (χ2n) is 6.05. The number of nitrogens with one attached hydrogen (secondary N) is 1. The summed E-state index contributed by atoms with van der Waals surface area (Å²) in [5.41, 5.74) is 1.80. The minimum Gasteiger partial charge on any atom is -0.497 e. The molecule has 1 heterocycles. The zero-order valence-electron chi connectivity index (χ0n) is 14.2. The molecule has 2 aromatic carbocycles. The Morgan fingerprint density at radius 1 is 1.12 bits per heavy atom. The highest BCUT2D eigenvalue weighted by atomic mass is 19.1. The molecule has 132 valence electrons. The van der Waals surface area contributed by atoms with Crippen LogP contribution in [0.4, 0.5) is 14.9 Å². The highest BCUT2D eigenvalue weighted by molar-refractivity contribution is 5.89. The zero-order chi connectivity index (χ0) is 17.6. The van der Waals surface area contributed by atoms with Gasteiger partial charge in [-0.1, -0.05) is 18.2 Å². The van der Waals surface area contributed by atoms with Gasteiger partial charge >= 0.3 is 6.03 Å². The average Bonchev–Trinajstić information content (AvgIpc) is 2.64. The average molecular weight is 343 g/mol. The monoisotopic (exact) mass is 343 g/mol. The molecule has 1 aliphatic rings. The normalized spacial score (nSPS) is 15.0. The molecule has 25 heavy (non-hydrogen) atoms. The maximum atomic E-state index is 13.0. The number of ether oxygens (including phenoxy) is 1. The number of methoxy groups -OCH3 is 1. The lowest BCUT2D eigenvalue weighted by atomic mass is 10.2. The van der Waals surface area contributed by atoms with Crippen molar-refractivity contribution in [2.45, 2.75) is 6.54 Å². The number of carbonyl (C=O) groups excluding carboxylic acids is 1. The van der Waals surface area contributed by atoms with Crippen LogP contribution in [-0.2, 0) is 6.54 Å². The molecule has 1 N–H and O–H groups in total. The van der Waals surface area contributed by atoms with Gasteiger partial charge in [-0.25, -0.2) is 9.18 Å². The van der Waals surface area contributed by atoms with E-state index in [1.54, 1.807) is 30.2 Å². The van der Waals surface area contributed by atoms with E-state index in [2.05, 4.69) is 10.2 Å². The first-order valence-corrected chi connectivity index (χ1v) is 8.31. The number of benzene rings is 2. The molecule has 1 aliphatic heterocycles. The third kappa shape index (κ3) is 4.70. The van der Waals surface area contributed by atoms with Crippen molar-refractivity contribution in [1.29, 1.82) is 0 Å². The molecule has 5 nitrogen and oxygen atoms in total. The molecule has 2 amide bonds. The highest BCUT2D eigenvalue weighted by Crippen LogP contribution is 2.17. The Balaban J connectivity index is 1.49. The second-order valence-corrected chi connectivity index (χ2v) is 6.05. The van der Waals surface area contributed by atoms with Crippen molar-refractivity contribution < 1.29 is 13.9 Å². The van der Waals surface area contributed by atoms with Gasteiger partial charge in [-0.05, 0) is 29.8 Å². The topological polar surface area (TPSA) is 44.8 Å². The first-order chi connectivity index (χ1) is 12.1. The van der Waals surface area contributed by atoms with E-state index in [4.69, 9.17) is 4.74 Å². The number of halogens is 1. The van der Waals surface area contributed by atoms with Gasteiger partial charge in [0.05, 0.1) is 7.11 Å². The van der Waals surface area contributed by atoms with Gasteiger partial charge in [0.2, 0.25) is 0 Å². The molecule has 0 aromatic heterocycles. The molecule has 1 saturated heterocycles. The SMILES string of the molecule is COc1cccc(NC(=O)N2CCN(Cc3ccc(F)cc3)CC2)c1. The molecule has 0 aliphatic carbocycles. The number of nitrogens with zero attached hydrogens (tertiary/aromatic N) is 2. The van der Waals surface area contributed by atoms with E-state index in [9.17, 15) is 9.18 Å². The molecule has 0 radical (unpaired) electrons.